The molecule has 2 heterocycles. The normalized spacial score (nSPS) is 16.6. The van der Waals surface area contributed by atoms with Crippen molar-refractivity contribution in [3.63, 3.8) is 0 Å². The number of nitrogens with zero attached hydrogens (tertiary/aromatic N) is 2. The van der Waals surface area contributed by atoms with Crippen molar-refractivity contribution in [2.24, 2.45) is 0 Å². The highest BCUT2D eigenvalue weighted by Crippen LogP contribution is 2.28. The topological polar surface area (TPSA) is 122 Å². The van der Waals surface area contributed by atoms with E-state index in [0.717, 1.165) is 36.0 Å². The van der Waals surface area contributed by atoms with Crippen LogP contribution in [0.2, 0.25) is 0 Å². The summed E-state index contributed by atoms with van der Waals surface area (Å²) < 4.78 is 50.1. The van der Waals surface area contributed by atoms with E-state index in [4.69, 9.17) is 24.5 Å². The number of carboxylic acid groups (broad SMARTS) is 2. The molecular formula is C16H22F3N3O5S. The molecule has 0 aliphatic carbocycles. The van der Waals surface area contributed by atoms with Crippen LogP contribution in [-0.4, -0.2) is 56.3 Å². The number of hydrogen-bond acceptors (Lipinski definition) is 7. The van der Waals surface area contributed by atoms with Crippen molar-refractivity contribution in [3.05, 3.63) is 11.8 Å². The average molecular weight is 425 g/mol. The van der Waals surface area contributed by atoms with Gasteiger partial charge in [0, 0.05) is 12.5 Å². The van der Waals surface area contributed by atoms with Crippen LogP contribution < -0.4 is 10.1 Å². The fraction of sp³-hybridized carbons (Fsp3) is 0.625. The molecule has 1 aromatic rings. The minimum Gasteiger partial charge on any atom is -0.475 e. The Balaban J connectivity index is 0.000000568. The second kappa shape index (κ2) is 11.6. The predicted molar refractivity (Wildman–Crippen MR) is 95.3 cm³/mol. The minimum absolute atomic E-state index is 0.140. The first kappa shape index (κ1) is 23.8. The molecule has 1 aliphatic heterocycles. The minimum atomic E-state index is -4.07. The Hall–Kier alpha value is -2.21. The van der Waals surface area contributed by atoms with Gasteiger partial charge in [0.2, 0.25) is 0 Å². The molecule has 3 N–H and O–H groups in total. The first-order chi connectivity index (χ1) is 13.1. The summed E-state index contributed by atoms with van der Waals surface area (Å²) in [5.74, 6) is -3.16. The summed E-state index contributed by atoms with van der Waals surface area (Å²) in [5, 5.41) is 18.1. The Morgan fingerprint density at radius 2 is 1.93 bits per heavy atom. The van der Waals surface area contributed by atoms with Crippen molar-refractivity contribution >= 4 is 29.2 Å². The lowest BCUT2D eigenvalue weighted by Gasteiger charge is -2.21. The third kappa shape index (κ3) is 9.13. The maximum Gasteiger partial charge on any atom is 0.414 e. The molecule has 1 aromatic heterocycles. The summed E-state index contributed by atoms with van der Waals surface area (Å²) in [4.78, 5) is 18.2. The monoisotopic (exact) mass is 425 g/mol. The quantitative estimate of drug-likeness (QED) is 0.450. The van der Waals surface area contributed by atoms with Gasteiger partial charge < -0.3 is 20.3 Å². The third-order valence-electron chi connectivity index (χ3n) is 3.68. The van der Waals surface area contributed by atoms with E-state index < -0.39 is 24.5 Å². The second-order valence-electron chi connectivity index (χ2n) is 5.93. The number of carboxylic acids is 2. The molecule has 28 heavy (non-hydrogen) atoms. The number of aliphatic carboxylic acids is 2. The van der Waals surface area contributed by atoms with Gasteiger partial charge in [-0.2, -0.15) is 17.5 Å². The summed E-state index contributed by atoms with van der Waals surface area (Å²) in [6, 6.07) is 0.201. The summed E-state index contributed by atoms with van der Waals surface area (Å²) in [7, 11) is 0. The molecule has 0 fully saturated rings. The van der Waals surface area contributed by atoms with Crippen molar-refractivity contribution in [1.82, 2.24) is 14.1 Å². The van der Waals surface area contributed by atoms with Crippen LogP contribution in [0.5, 0.6) is 5.88 Å². The van der Waals surface area contributed by atoms with Crippen LogP contribution in [0.25, 0.3) is 5.57 Å². The molecule has 1 aliphatic rings. The zero-order valence-electron chi connectivity index (χ0n) is 15.2. The highest BCUT2D eigenvalue weighted by atomic mass is 32.1. The van der Waals surface area contributed by atoms with Crippen molar-refractivity contribution in [1.29, 1.82) is 0 Å². The molecular weight excluding hydrogens is 403 g/mol. The Kier molecular flexibility index (Phi) is 9.87. The van der Waals surface area contributed by atoms with E-state index in [2.05, 4.69) is 27.1 Å². The zero-order valence-corrected chi connectivity index (χ0v) is 16.0. The summed E-state index contributed by atoms with van der Waals surface area (Å²) in [6.07, 6.45) is -0.508. The number of aromatic nitrogens is 2. The van der Waals surface area contributed by atoms with Crippen LogP contribution in [0.1, 0.15) is 44.7 Å². The van der Waals surface area contributed by atoms with Crippen molar-refractivity contribution in [3.8, 4) is 5.88 Å². The number of rotatable bonds is 7. The van der Waals surface area contributed by atoms with E-state index >= 15 is 0 Å². The van der Waals surface area contributed by atoms with E-state index in [1.165, 1.54) is 0 Å². The Bertz CT molecular complexity index is 667. The van der Waals surface area contributed by atoms with Gasteiger partial charge in [0.05, 0.1) is 18.3 Å². The predicted octanol–water partition coefficient (Wildman–Crippen LogP) is 2.96. The molecule has 158 valence electrons. The van der Waals surface area contributed by atoms with Gasteiger partial charge in [-0.3, -0.25) is 0 Å². The van der Waals surface area contributed by atoms with Gasteiger partial charge in [-0.05, 0) is 44.7 Å². The van der Waals surface area contributed by atoms with Gasteiger partial charge in [-0.25, -0.2) is 9.59 Å². The van der Waals surface area contributed by atoms with Gasteiger partial charge in [0.1, 0.15) is 5.69 Å². The number of hydrogen-bond donors (Lipinski definition) is 3. The van der Waals surface area contributed by atoms with Crippen LogP contribution in [0.15, 0.2) is 6.08 Å². The highest BCUT2D eigenvalue weighted by molar-refractivity contribution is 6.99. The average Bonchev–Trinajstić information content (AvgIpc) is 3.06. The molecule has 8 nitrogen and oxygen atoms in total. The molecule has 2 rings (SSSR count). The molecule has 0 aromatic carbocycles. The lowest BCUT2D eigenvalue weighted by Crippen LogP contribution is -2.31. The fourth-order valence-corrected chi connectivity index (χ4v) is 2.86. The van der Waals surface area contributed by atoms with Crippen LogP contribution >= 0.6 is 11.7 Å². The fourth-order valence-electron chi connectivity index (χ4n) is 2.34. The van der Waals surface area contributed by atoms with Gasteiger partial charge in [-0.15, -0.1) is 4.37 Å². The van der Waals surface area contributed by atoms with Gasteiger partial charge >= 0.3 is 18.1 Å². The smallest absolute Gasteiger partial charge is 0.414 e. The largest absolute Gasteiger partial charge is 0.475 e. The van der Waals surface area contributed by atoms with Crippen LogP contribution in [0, 0.1) is 0 Å². The molecule has 0 radical (unpaired) electrons. The number of halogens is 3. The SMILES string of the molecule is CC1NCCC=C1c1nsnc1OCCCCCC(F)(F)F.O=C(O)C(=O)O. The number of ether oxygens (including phenoxy) is 1. The molecule has 0 saturated heterocycles. The van der Waals surface area contributed by atoms with E-state index in [1.54, 1.807) is 0 Å². The Morgan fingerprint density at radius 3 is 2.50 bits per heavy atom. The highest BCUT2D eigenvalue weighted by Gasteiger charge is 2.26. The lowest BCUT2D eigenvalue weighted by molar-refractivity contribution is -0.159. The molecule has 0 spiro atoms. The maximum absolute atomic E-state index is 12.0. The molecule has 0 bridgehead atoms. The summed E-state index contributed by atoms with van der Waals surface area (Å²) in [5.41, 5.74) is 1.83. The van der Waals surface area contributed by atoms with E-state index in [9.17, 15) is 13.2 Å². The van der Waals surface area contributed by atoms with Crippen molar-refractivity contribution in [2.45, 2.75) is 51.2 Å². The Morgan fingerprint density at radius 1 is 1.25 bits per heavy atom. The van der Waals surface area contributed by atoms with Crippen LogP contribution in [0.3, 0.4) is 0 Å². The number of alkyl halides is 3. The molecule has 12 heteroatoms. The van der Waals surface area contributed by atoms with Crippen molar-refractivity contribution in [2.75, 3.05) is 13.2 Å². The molecule has 1 atom stereocenters. The van der Waals surface area contributed by atoms with E-state index in [0.29, 0.717) is 25.3 Å². The number of unbranched alkanes of at least 4 members (excludes halogenated alkanes) is 2. The van der Waals surface area contributed by atoms with E-state index in [-0.39, 0.29) is 12.5 Å². The molecule has 0 saturated carbocycles. The zero-order chi connectivity index (χ0) is 21.2. The second-order valence-corrected chi connectivity index (χ2v) is 6.45. The van der Waals surface area contributed by atoms with Crippen molar-refractivity contribution < 1.29 is 37.7 Å². The lowest BCUT2D eigenvalue weighted by atomic mass is 10.0. The van der Waals surface area contributed by atoms with Gasteiger partial charge in [0.15, 0.2) is 0 Å². The number of nitrogens with one attached hydrogen (secondary N) is 1. The van der Waals surface area contributed by atoms with Gasteiger partial charge in [0.25, 0.3) is 5.88 Å². The van der Waals surface area contributed by atoms with Crippen LogP contribution in [0.4, 0.5) is 13.2 Å². The molecule has 1 unspecified atom stereocenters. The summed E-state index contributed by atoms with van der Waals surface area (Å²) >= 11 is 1.09. The first-order valence-corrected chi connectivity index (χ1v) is 9.27. The maximum atomic E-state index is 12.0. The number of carbonyl (C=O) groups is 2. The third-order valence-corrected chi connectivity index (χ3v) is 4.20. The first-order valence-electron chi connectivity index (χ1n) is 8.54. The Labute approximate surface area is 163 Å². The summed E-state index contributed by atoms with van der Waals surface area (Å²) in [6.45, 7) is 3.37. The standard InChI is InChI=1S/C14H20F3N3OS.C2H2O4/c1-10-11(6-5-8-18-10)12-13(20-22-19-12)21-9-4-2-3-7-14(15,16)17;3-1(4)2(5)6/h6,10,18H,2-5,7-9H2,1H3;(H,3,4)(H,5,6). The molecule has 0 amide bonds. The van der Waals surface area contributed by atoms with Gasteiger partial charge in [-0.1, -0.05) is 6.08 Å². The van der Waals surface area contributed by atoms with Crippen LogP contribution in [-0.2, 0) is 9.59 Å². The van der Waals surface area contributed by atoms with E-state index in [1.807, 2.05) is 0 Å².